The van der Waals surface area contributed by atoms with Crippen LogP contribution in [0.4, 0.5) is 5.69 Å². The number of carbonyl (C=O) groups is 3. The first-order chi connectivity index (χ1) is 13.6. The minimum atomic E-state index is -0.401. The third-order valence-electron chi connectivity index (χ3n) is 4.28. The van der Waals surface area contributed by atoms with Crippen LogP contribution in [0.2, 0.25) is 0 Å². The lowest BCUT2D eigenvalue weighted by molar-refractivity contribution is -0.119. The smallest absolute Gasteiger partial charge is 0.258 e. The van der Waals surface area contributed by atoms with Crippen LogP contribution in [0.5, 0.6) is 11.5 Å². The number of ether oxygens (including phenoxy) is 1. The Morgan fingerprint density at radius 1 is 0.750 bits per heavy atom. The van der Waals surface area contributed by atoms with Crippen LogP contribution >= 0.6 is 0 Å². The van der Waals surface area contributed by atoms with Crippen molar-refractivity contribution in [1.29, 1.82) is 0 Å². The SMILES string of the molecule is O=C(c1ccccc1)c1ccccc1Oc1cccc(N2C(=O)C=CC2=O)c1. The highest BCUT2D eigenvalue weighted by atomic mass is 16.5. The fraction of sp³-hybridized carbons (Fsp3) is 0. The van der Waals surface area contributed by atoms with Crippen molar-refractivity contribution >= 4 is 23.3 Å². The number of nitrogens with zero attached hydrogens (tertiary/aromatic N) is 1. The Morgan fingerprint density at radius 2 is 1.43 bits per heavy atom. The molecule has 1 heterocycles. The molecular formula is C23H15NO4. The van der Waals surface area contributed by atoms with E-state index in [-0.39, 0.29) is 5.78 Å². The van der Waals surface area contributed by atoms with Crippen molar-refractivity contribution in [2.24, 2.45) is 0 Å². The van der Waals surface area contributed by atoms with Crippen molar-refractivity contribution in [2.45, 2.75) is 0 Å². The number of imide groups is 1. The van der Waals surface area contributed by atoms with E-state index in [1.165, 1.54) is 12.2 Å². The van der Waals surface area contributed by atoms with Crippen molar-refractivity contribution in [3.63, 3.8) is 0 Å². The lowest BCUT2D eigenvalue weighted by Crippen LogP contribution is -2.29. The van der Waals surface area contributed by atoms with Crippen molar-refractivity contribution in [2.75, 3.05) is 4.90 Å². The molecule has 3 aromatic carbocycles. The summed E-state index contributed by atoms with van der Waals surface area (Å²) in [7, 11) is 0. The van der Waals surface area contributed by atoms with Crippen molar-refractivity contribution in [1.82, 2.24) is 0 Å². The van der Waals surface area contributed by atoms with Gasteiger partial charge in [-0.3, -0.25) is 14.4 Å². The molecule has 0 saturated carbocycles. The predicted octanol–water partition coefficient (Wildman–Crippen LogP) is 4.14. The summed E-state index contributed by atoms with van der Waals surface area (Å²) in [6.45, 7) is 0. The van der Waals surface area contributed by atoms with E-state index >= 15 is 0 Å². The molecule has 3 aromatic rings. The molecule has 5 nitrogen and oxygen atoms in total. The number of ketones is 1. The van der Waals surface area contributed by atoms with E-state index in [4.69, 9.17) is 4.74 Å². The Bertz CT molecular complexity index is 1080. The van der Waals surface area contributed by atoms with Crippen LogP contribution < -0.4 is 9.64 Å². The van der Waals surface area contributed by atoms with Crippen LogP contribution in [-0.2, 0) is 9.59 Å². The van der Waals surface area contributed by atoms with Crippen molar-refractivity contribution < 1.29 is 19.1 Å². The van der Waals surface area contributed by atoms with Gasteiger partial charge in [-0.2, -0.15) is 0 Å². The summed E-state index contributed by atoms with van der Waals surface area (Å²) in [6.07, 6.45) is 2.45. The summed E-state index contributed by atoms with van der Waals surface area (Å²) < 4.78 is 5.93. The number of para-hydroxylation sites is 1. The highest BCUT2D eigenvalue weighted by Gasteiger charge is 2.25. The first-order valence-electron chi connectivity index (χ1n) is 8.66. The summed E-state index contributed by atoms with van der Waals surface area (Å²) in [5.41, 5.74) is 1.39. The van der Waals surface area contributed by atoms with Crippen molar-refractivity contribution in [3.8, 4) is 11.5 Å². The van der Waals surface area contributed by atoms with Crippen LogP contribution in [0.25, 0.3) is 0 Å². The minimum Gasteiger partial charge on any atom is -0.457 e. The monoisotopic (exact) mass is 369 g/mol. The molecule has 0 aromatic heterocycles. The molecular weight excluding hydrogens is 354 g/mol. The van der Waals surface area contributed by atoms with Gasteiger partial charge in [-0.15, -0.1) is 0 Å². The number of anilines is 1. The Kier molecular flexibility index (Phi) is 4.56. The Morgan fingerprint density at radius 3 is 2.18 bits per heavy atom. The van der Waals surface area contributed by atoms with E-state index in [1.807, 2.05) is 6.07 Å². The second kappa shape index (κ2) is 7.32. The van der Waals surface area contributed by atoms with E-state index in [1.54, 1.807) is 72.8 Å². The van der Waals surface area contributed by atoms with E-state index < -0.39 is 11.8 Å². The summed E-state index contributed by atoms with van der Waals surface area (Å²) in [4.78, 5) is 37.7. The molecule has 0 atom stereocenters. The zero-order chi connectivity index (χ0) is 19.5. The summed E-state index contributed by atoms with van der Waals surface area (Å²) in [5, 5.41) is 0. The van der Waals surface area contributed by atoms with Gasteiger partial charge in [0.25, 0.3) is 11.8 Å². The van der Waals surface area contributed by atoms with Gasteiger partial charge in [-0.25, -0.2) is 4.90 Å². The number of carbonyl (C=O) groups excluding carboxylic acids is 3. The standard InChI is InChI=1S/C23H15NO4/c25-21-13-14-22(26)24(21)17-9-6-10-18(15-17)28-20-12-5-4-11-19(20)23(27)16-7-2-1-3-8-16/h1-15H. The zero-order valence-electron chi connectivity index (χ0n) is 14.7. The molecule has 5 heteroatoms. The number of benzene rings is 3. The lowest BCUT2D eigenvalue weighted by atomic mass is 10.0. The van der Waals surface area contributed by atoms with Crippen LogP contribution in [-0.4, -0.2) is 17.6 Å². The molecule has 0 saturated heterocycles. The zero-order valence-corrected chi connectivity index (χ0v) is 14.7. The number of hydrogen-bond donors (Lipinski definition) is 0. The first-order valence-corrected chi connectivity index (χ1v) is 8.66. The van der Waals surface area contributed by atoms with Crippen LogP contribution in [0, 0.1) is 0 Å². The van der Waals surface area contributed by atoms with Crippen LogP contribution in [0.1, 0.15) is 15.9 Å². The third-order valence-corrected chi connectivity index (χ3v) is 4.28. The van der Waals surface area contributed by atoms with E-state index in [9.17, 15) is 14.4 Å². The number of hydrogen-bond acceptors (Lipinski definition) is 4. The molecule has 0 N–H and O–H groups in total. The fourth-order valence-corrected chi connectivity index (χ4v) is 2.96. The van der Waals surface area contributed by atoms with E-state index in [2.05, 4.69) is 0 Å². The molecule has 0 bridgehead atoms. The van der Waals surface area contributed by atoms with Crippen LogP contribution in [0.15, 0.2) is 91.0 Å². The maximum atomic E-state index is 12.8. The maximum absolute atomic E-state index is 12.8. The van der Waals surface area contributed by atoms with Gasteiger partial charge in [0.05, 0.1) is 11.3 Å². The van der Waals surface area contributed by atoms with Gasteiger partial charge >= 0.3 is 0 Å². The minimum absolute atomic E-state index is 0.151. The first kappa shape index (κ1) is 17.4. The molecule has 28 heavy (non-hydrogen) atoms. The molecule has 136 valence electrons. The Labute approximate surface area is 161 Å². The predicted molar refractivity (Wildman–Crippen MR) is 104 cm³/mol. The highest BCUT2D eigenvalue weighted by molar-refractivity contribution is 6.28. The van der Waals surface area contributed by atoms with Gasteiger partial charge in [-0.1, -0.05) is 48.5 Å². The van der Waals surface area contributed by atoms with Crippen molar-refractivity contribution in [3.05, 3.63) is 102 Å². The molecule has 2 amide bonds. The second-order valence-electron chi connectivity index (χ2n) is 6.14. The lowest BCUT2D eigenvalue weighted by Gasteiger charge is -2.16. The maximum Gasteiger partial charge on any atom is 0.258 e. The molecule has 0 radical (unpaired) electrons. The van der Waals surface area contributed by atoms with Gasteiger partial charge < -0.3 is 4.74 Å². The number of rotatable bonds is 5. The average molecular weight is 369 g/mol. The summed E-state index contributed by atoms with van der Waals surface area (Å²) in [6, 6.07) is 22.5. The van der Waals surface area contributed by atoms with Crippen LogP contribution in [0.3, 0.4) is 0 Å². The van der Waals surface area contributed by atoms with Gasteiger partial charge in [0, 0.05) is 23.8 Å². The Balaban J connectivity index is 1.64. The molecule has 1 aliphatic rings. The third kappa shape index (κ3) is 3.33. The molecule has 0 unspecified atom stereocenters. The van der Waals surface area contributed by atoms with Gasteiger partial charge in [0.15, 0.2) is 5.78 Å². The van der Waals surface area contributed by atoms with E-state index in [0.717, 1.165) is 4.90 Å². The molecule has 1 aliphatic heterocycles. The Hall–Kier alpha value is -3.99. The normalized spacial score (nSPS) is 13.1. The summed E-state index contributed by atoms with van der Waals surface area (Å²) in [5.74, 6) is -0.144. The molecule has 0 spiro atoms. The highest BCUT2D eigenvalue weighted by Crippen LogP contribution is 2.30. The fourth-order valence-electron chi connectivity index (χ4n) is 2.96. The molecule has 0 aliphatic carbocycles. The van der Waals surface area contributed by atoms with Gasteiger partial charge in [0.1, 0.15) is 11.5 Å². The van der Waals surface area contributed by atoms with Gasteiger partial charge in [-0.05, 0) is 24.3 Å². The summed E-state index contributed by atoms with van der Waals surface area (Å²) >= 11 is 0. The molecule has 4 rings (SSSR count). The van der Waals surface area contributed by atoms with Gasteiger partial charge in [0.2, 0.25) is 0 Å². The quantitative estimate of drug-likeness (QED) is 0.501. The topological polar surface area (TPSA) is 63.7 Å². The largest absolute Gasteiger partial charge is 0.457 e. The number of amides is 2. The second-order valence-corrected chi connectivity index (χ2v) is 6.14. The molecule has 0 fully saturated rings. The average Bonchev–Trinajstić information content (AvgIpc) is 3.07. The van der Waals surface area contributed by atoms with E-state index in [0.29, 0.717) is 28.3 Å².